The van der Waals surface area contributed by atoms with Crippen molar-refractivity contribution in [3.63, 3.8) is 0 Å². The third kappa shape index (κ3) is 3.54. The summed E-state index contributed by atoms with van der Waals surface area (Å²) in [6.07, 6.45) is 2.29. The van der Waals surface area contributed by atoms with Gasteiger partial charge in [-0.05, 0) is 50.3 Å². The molecule has 1 fully saturated rings. The summed E-state index contributed by atoms with van der Waals surface area (Å²) in [5, 5.41) is 3.16. The number of piperidine rings is 1. The first-order valence-electron chi connectivity index (χ1n) is 8.43. The largest absolute Gasteiger partial charge is 0.486 e. The van der Waals surface area contributed by atoms with Gasteiger partial charge in [0.1, 0.15) is 13.2 Å². The van der Waals surface area contributed by atoms with Gasteiger partial charge in [0.25, 0.3) is 0 Å². The molecule has 1 aromatic carbocycles. The summed E-state index contributed by atoms with van der Waals surface area (Å²) in [6, 6.07) is 5.89. The Hall–Kier alpha value is -1.91. The average molecular weight is 318 g/mol. The number of urea groups is 1. The van der Waals surface area contributed by atoms with Gasteiger partial charge in [-0.25, -0.2) is 4.79 Å². The smallest absolute Gasteiger partial charge is 0.318 e. The number of nitrogens with one attached hydrogen (secondary N) is 1. The van der Waals surface area contributed by atoms with Crippen LogP contribution in [-0.2, 0) is 5.54 Å². The number of hydrogen-bond donors (Lipinski definition) is 1. The van der Waals surface area contributed by atoms with Gasteiger partial charge in [0, 0.05) is 13.1 Å². The molecular weight excluding hydrogens is 292 g/mol. The van der Waals surface area contributed by atoms with Gasteiger partial charge in [0.05, 0.1) is 5.54 Å². The SMILES string of the molecule is CC1CCCN(C(=O)NC(C)(C)c2ccc3c(c2)OCCO3)C1. The molecule has 1 atom stereocenters. The number of likely N-dealkylation sites (tertiary alicyclic amines) is 1. The molecule has 126 valence electrons. The molecule has 1 aromatic rings. The van der Waals surface area contributed by atoms with Crippen LogP contribution >= 0.6 is 0 Å². The number of nitrogens with zero attached hydrogens (tertiary/aromatic N) is 1. The molecule has 2 heterocycles. The maximum Gasteiger partial charge on any atom is 0.318 e. The van der Waals surface area contributed by atoms with Crippen molar-refractivity contribution >= 4 is 6.03 Å². The van der Waals surface area contributed by atoms with Crippen molar-refractivity contribution in [1.82, 2.24) is 10.2 Å². The van der Waals surface area contributed by atoms with Crippen LogP contribution in [0.15, 0.2) is 18.2 Å². The lowest BCUT2D eigenvalue weighted by molar-refractivity contribution is 0.160. The predicted molar refractivity (Wildman–Crippen MR) is 89.0 cm³/mol. The molecule has 0 bridgehead atoms. The second kappa shape index (κ2) is 6.30. The van der Waals surface area contributed by atoms with Crippen molar-refractivity contribution < 1.29 is 14.3 Å². The molecule has 23 heavy (non-hydrogen) atoms. The lowest BCUT2D eigenvalue weighted by atomic mass is 9.93. The van der Waals surface area contributed by atoms with Gasteiger partial charge in [-0.1, -0.05) is 13.0 Å². The summed E-state index contributed by atoms with van der Waals surface area (Å²) in [6.45, 7) is 9.06. The Morgan fingerprint density at radius 3 is 2.74 bits per heavy atom. The highest BCUT2D eigenvalue weighted by Crippen LogP contribution is 2.34. The van der Waals surface area contributed by atoms with Gasteiger partial charge in [-0.2, -0.15) is 0 Å². The Bertz CT molecular complexity index is 586. The standard InChI is InChI=1S/C18H26N2O3/c1-13-5-4-8-20(12-13)17(21)19-18(2,3)14-6-7-15-16(11-14)23-10-9-22-15/h6-7,11,13H,4-5,8-10,12H2,1-3H3,(H,19,21). The number of ether oxygens (including phenoxy) is 2. The first-order chi connectivity index (χ1) is 11.0. The zero-order valence-corrected chi connectivity index (χ0v) is 14.2. The van der Waals surface area contributed by atoms with Gasteiger partial charge in [-0.15, -0.1) is 0 Å². The summed E-state index contributed by atoms with van der Waals surface area (Å²) in [4.78, 5) is 14.5. The van der Waals surface area contributed by atoms with E-state index in [1.54, 1.807) is 0 Å². The Morgan fingerprint density at radius 1 is 1.26 bits per heavy atom. The molecule has 0 radical (unpaired) electrons. The van der Waals surface area contributed by atoms with Crippen LogP contribution < -0.4 is 14.8 Å². The number of benzene rings is 1. The van der Waals surface area contributed by atoms with E-state index in [0.717, 1.165) is 36.6 Å². The topological polar surface area (TPSA) is 50.8 Å². The second-order valence-corrected chi connectivity index (χ2v) is 7.11. The molecule has 3 rings (SSSR count). The molecule has 0 aliphatic carbocycles. The van der Waals surface area contributed by atoms with E-state index in [1.165, 1.54) is 6.42 Å². The molecule has 1 N–H and O–H groups in total. The number of amides is 2. The maximum atomic E-state index is 12.6. The number of carbonyl (C=O) groups excluding carboxylic acids is 1. The molecule has 1 unspecified atom stereocenters. The van der Waals surface area contributed by atoms with Crippen LogP contribution in [-0.4, -0.2) is 37.2 Å². The Labute approximate surface area is 137 Å². The number of fused-ring (bicyclic) bond motifs is 1. The van der Waals surface area contributed by atoms with Crippen molar-refractivity contribution in [2.45, 2.75) is 39.2 Å². The van der Waals surface area contributed by atoms with Crippen LogP contribution in [0.4, 0.5) is 4.79 Å². The lowest BCUT2D eigenvalue weighted by Gasteiger charge is -2.35. The molecule has 2 aliphatic rings. The maximum absolute atomic E-state index is 12.6. The molecule has 1 saturated heterocycles. The number of hydrogen-bond acceptors (Lipinski definition) is 3. The van der Waals surface area contributed by atoms with E-state index in [4.69, 9.17) is 9.47 Å². The van der Waals surface area contributed by atoms with E-state index in [9.17, 15) is 4.79 Å². The van der Waals surface area contributed by atoms with Gasteiger partial charge < -0.3 is 19.7 Å². The quantitative estimate of drug-likeness (QED) is 0.911. The van der Waals surface area contributed by atoms with Gasteiger partial charge in [0.2, 0.25) is 0 Å². The summed E-state index contributed by atoms with van der Waals surface area (Å²) in [7, 11) is 0. The zero-order valence-electron chi connectivity index (χ0n) is 14.2. The monoisotopic (exact) mass is 318 g/mol. The fourth-order valence-corrected chi connectivity index (χ4v) is 3.22. The van der Waals surface area contributed by atoms with Crippen molar-refractivity contribution in [1.29, 1.82) is 0 Å². The first kappa shape index (κ1) is 16.0. The summed E-state index contributed by atoms with van der Waals surface area (Å²) < 4.78 is 11.2. The normalized spacial score (nSPS) is 21.0. The second-order valence-electron chi connectivity index (χ2n) is 7.11. The molecule has 0 aromatic heterocycles. The number of rotatable bonds is 2. The van der Waals surface area contributed by atoms with Crippen LogP contribution in [0.25, 0.3) is 0 Å². The van der Waals surface area contributed by atoms with Crippen molar-refractivity contribution in [3.05, 3.63) is 23.8 Å². The minimum Gasteiger partial charge on any atom is -0.486 e. The summed E-state index contributed by atoms with van der Waals surface area (Å²) in [5.41, 5.74) is 0.549. The fraction of sp³-hybridized carbons (Fsp3) is 0.611. The minimum absolute atomic E-state index is 0.0106. The van der Waals surface area contributed by atoms with Crippen LogP contribution in [0.1, 0.15) is 39.2 Å². The highest BCUT2D eigenvalue weighted by atomic mass is 16.6. The molecular formula is C18H26N2O3. The first-order valence-corrected chi connectivity index (χ1v) is 8.43. The molecule has 5 heteroatoms. The van der Waals surface area contributed by atoms with E-state index >= 15 is 0 Å². The summed E-state index contributed by atoms with van der Waals surface area (Å²) >= 11 is 0. The van der Waals surface area contributed by atoms with E-state index in [1.807, 2.05) is 36.9 Å². The van der Waals surface area contributed by atoms with Crippen molar-refractivity contribution in [2.75, 3.05) is 26.3 Å². The van der Waals surface area contributed by atoms with Crippen molar-refractivity contribution in [3.8, 4) is 11.5 Å². The van der Waals surface area contributed by atoms with Gasteiger partial charge >= 0.3 is 6.03 Å². The fourth-order valence-electron chi connectivity index (χ4n) is 3.22. The Balaban J connectivity index is 1.72. The van der Waals surface area contributed by atoms with E-state index in [0.29, 0.717) is 19.1 Å². The van der Waals surface area contributed by atoms with Crippen molar-refractivity contribution in [2.24, 2.45) is 5.92 Å². The molecule has 5 nitrogen and oxygen atoms in total. The lowest BCUT2D eigenvalue weighted by Crippen LogP contribution is -2.51. The third-order valence-electron chi connectivity index (χ3n) is 4.63. The molecule has 2 aliphatic heterocycles. The van der Waals surface area contributed by atoms with E-state index in [-0.39, 0.29) is 6.03 Å². The number of carbonyl (C=O) groups is 1. The highest BCUT2D eigenvalue weighted by molar-refractivity contribution is 5.75. The Morgan fingerprint density at radius 2 is 2.00 bits per heavy atom. The summed E-state index contributed by atoms with van der Waals surface area (Å²) in [5.74, 6) is 2.10. The minimum atomic E-state index is -0.465. The van der Waals surface area contributed by atoms with E-state index < -0.39 is 5.54 Å². The van der Waals surface area contributed by atoms with Gasteiger partial charge in [0.15, 0.2) is 11.5 Å². The Kier molecular flexibility index (Phi) is 4.37. The average Bonchev–Trinajstić information content (AvgIpc) is 2.54. The molecule has 0 saturated carbocycles. The van der Waals surface area contributed by atoms with Crippen LogP contribution in [0.3, 0.4) is 0 Å². The highest BCUT2D eigenvalue weighted by Gasteiger charge is 2.29. The zero-order chi connectivity index (χ0) is 16.4. The predicted octanol–water partition coefficient (Wildman–Crippen LogP) is 3.13. The van der Waals surface area contributed by atoms with E-state index in [2.05, 4.69) is 12.2 Å². The molecule has 0 spiro atoms. The van der Waals surface area contributed by atoms with Crippen LogP contribution in [0, 0.1) is 5.92 Å². The van der Waals surface area contributed by atoms with Crippen LogP contribution in [0.2, 0.25) is 0 Å². The van der Waals surface area contributed by atoms with Gasteiger partial charge in [-0.3, -0.25) is 0 Å². The third-order valence-corrected chi connectivity index (χ3v) is 4.63. The molecule has 2 amide bonds. The van der Waals surface area contributed by atoms with Crippen LogP contribution in [0.5, 0.6) is 11.5 Å².